The third kappa shape index (κ3) is 14.1. The molecule has 8 heteroatoms. The van der Waals surface area contributed by atoms with Crippen LogP contribution in [0.5, 0.6) is 0 Å². The topological polar surface area (TPSA) is 127 Å². The Morgan fingerprint density at radius 2 is 0.912 bits per heavy atom. The summed E-state index contributed by atoms with van der Waals surface area (Å²) < 4.78 is 9.67. The molecule has 2 aromatic carbocycles. The highest BCUT2D eigenvalue weighted by atomic mass is 16.5. The first-order valence-corrected chi connectivity index (χ1v) is 9.41. The molecule has 0 saturated heterocycles. The van der Waals surface area contributed by atoms with Crippen LogP contribution < -0.4 is 0 Å². The van der Waals surface area contributed by atoms with Gasteiger partial charge in [0.15, 0.2) is 0 Å². The molecule has 0 aliphatic carbocycles. The number of carboxylic acid groups (broad SMARTS) is 2. The summed E-state index contributed by atoms with van der Waals surface area (Å²) in [6.07, 6.45) is 3.33. The van der Waals surface area contributed by atoms with Crippen molar-refractivity contribution in [3.8, 4) is 0 Å². The van der Waals surface area contributed by atoms with Gasteiger partial charge in [-0.15, -0.1) is 0 Å². The molecule has 0 radical (unpaired) electrons. The fraction of sp³-hybridized carbons (Fsp3) is 0. The summed E-state index contributed by atoms with van der Waals surface area (Å²) in [6.45, 7) is 13.8. The summed E-state index contributed by atoms with van der Waals surface area (Å²) in [6, 6.07) is 18.4. The monoisotopic (exact) mass is 464 g/mol. The van der Waals surface area contributed by atoms with Gasteiger partial charge in [0, 0.05) is 35.4 Å². The molecular weight excluding hydrogens is 440 g/mol. The predicted molar refractivity (Wildman–Crippen MR) is 128 cm³/mol. The van der Waals surface area contributed by atoms with Crippen LogP contribution in [0.4, 0.5) is 0 Å². The highest BCUT2D eigenvalue weighted by molar-refractivity contribution is 5.89. The zero-order valence-corrected chi connectivity index (χ0v) is 18.3. The lowest BCUT2D eigenvalue weighted by Gasteiger charge is -2.03. The Balaban J connectivity index is 0.000000497. The number of carboxylic acids is 2. The SMILES string of the molecule is C=CC(=O)OC(=C)c1ccccc1.C=CC(=O)OC(=C)c1ccccc1.O=C(O)/C=C\C(=O)O. The molecule has 8 nitrogen and oxygen atoms in total. The van der Waals surface area contributed by atoms with Gasteiger partial charge in [0.25, 0.3) is 0 Å². The van der Waals surface area contributed by atoms with E-state index in [0.29, 0.717) is 23.7 Å². The largest absolute Gasteiger partial charge is 0.478 e. The number of benzene rings is 2. The molecule has 0 heterocycles. The summed E-state index contributed by atoms with van der Waals surface area (Å²) in [5, 5.41) is 15.6. The zero-order chi connectivity index (χ0) is 25.9. The highest BCUT2D eigenvalue weighted by Crippen LogP contribution is 2.13. The maximum Gasteiger partial charge on any atom is 0.335 e. The normalized spacial score (nSPS) is 9.06. The number of carbonyl (C=O) groups excluding carboxylic acids is 2. The van der Waals surface area contributed by atoms with Gasteiger partial charge in [0.2, 0.25) is 0 Å². The van der Waals surface area contributed by atoms with Crippen molar-refractivity contribution in [2.24, 2.45) is 0 Å². The number of hydrogen-bond acceptors (Lipinski definition) is 6. The maximum atomic E-state index is 10.8. The van der Waals surface area contributed by atoms with E-state index in [9.17, 15) is 19.2 Å². The second-order valence-electron chi connectivity index (χ2n) is 5.84. The van der Waals surface area contributed by atoms with Gasteiger partial charge < -0.3 is 19.7 Å². The number of carbonyl (C=O) groups is 4. The standard InChI is InChI=1S/2C11H10O2.C4H4O4/c2*1-3-11(12)13-9(2)10-7-5-4-6-8-10;5-3(6)1-2-4(7)8/h2*3-8H,1-2H2;1-2H,(H,5,6)(H,7,8)/b;;2-1-. The predicted octanol–water partition coefficient (Wildman–Crippen LogP) is 4.48. The van der Waals surface area contributed by atoms with Crippen LogP contribution in [0.2, 0.25) is 0 Å². The van der Waals surface area contributed by atoms with E-state index in [4.69, 9.17) is 19.7 Å². The quantitative estimate of drug-likeness (QED) is 0.332. The van der Waals surface area contributed by atoms with Crippen molar-refractivity contribution in [2.45, 2.75) is 0 Å². The molecule has 2 rings (SSSR count). The van der Waals surface area contributed by atoms with Gasteiger partial charge in [-0.05, 0) is 0 Å². The summed E-state index contributed by atoms with van der Waals surface area (Å²) in [5.41, 5.74) is 1.58. The molecule has 0 atom stereocenters. The number of hydrogen-bond donors (Lipinski definition) is 2. The van der Waals surface area contributed by atoms with E-state index in [-0.39, 0.29) is 0 Å². The van der Waals surface area contributed by atoms with Crippen LogP contribution in [0.15, 0.2) is 111 Å². The third-order valence-electron chi connectivity index (χ3n) is 3.34. The van der Waals surface area contributed by atoms with Gasteiger partial charge >= 0.3 is 23.9 Å². The Bertz CT molecular complexity index is 965. The molecule has 0 unspecified atom stereocenters. The molecule has 0 amide bonds. The van der Waals surface area contributed by atoms with E-state index in [1.165, 1.54) is 0 Å². The van der Waals surface area contributed by atoms with Crippen LogP contribution in [-0.4, -0.2) is 34.1 Å². The van der Waals surface area contributed by atoms with E-state index >= 15 is 0 Å². The molecule has 0 fully saturated rings. The van der Waals surface area contributed by atoms with Crippen molar-refractivity contribution in [2.75, 3.05) is 0 Å². The van der Waals surface area contributed by atoms with Gasteiger partial charge in [0.1, 0.15) is 11.5 Å². The van der Waals surface area contributed by atoms with Crippen molar-refractivity contribution in [3.63, 3.8) is 0 Å². The Morgan fingerprint density at radius 3 is 1.15 bits per heavy atom. The minimum Gasteiger partial charge on any atom is -0.478 e. The molecule has 0 aliphatic heterocycles. The van der Waals surface area contributed by atoms with Crippen molar-refractivity contribution in [1.29, 1.82) is 0 Å². The number of rotatable bonds is 8. The lowest BCUT2D eigenvalue weighted by Crippen LogP contribution is -1.98. The van der Waals surface area contributed by atoms with Crippen molar-refractivity contribution in [1.82, 2.24) is 0 Å². The summed E-state index contributed by atoms with van der Waals surface area (Å²) >= 11 is 0. The molecule has 2 aromatic rings. The van der Waals surface area contributed by atoms with Crippen molar-refractivity contribution < 1.29 is 38.9 Å². The van der Waals surface area contributed by atoms with Gasteiger partial charge in [-0.1, -0.05) is 87.0 Å². The molecule has 0 bridgehead atoms. The van der Waals surface area contributed by atoms with Crippen LogP contribution in [0.3, 0.4) is 0 Å². The Hall–Kier alpha value is -4.98. The second kappa shape index (κ2) is 16.7. The van der Waals surface area contributed by atoms with Crippen LogP contribution in [-0.2, 0) is 28.7 Å². The lowest BCUT2D eigenvalue weighted by atomic mass is 10.2. The van der Waals surface area contributed by atoms with E-state index < -0.39 is 23.9 Å². The van der Waals surface area contributed by atoms with Gasteiger partial charge in [0.05, 0.1) is 0 Å². The second-order valence-corrected chi connectivity index (χ2v) is 5.84. The van der Waals surface area contributed by atoms with Crippen molar-refractivity contribution >= 4 is 35.4 Å². The van der Waals surface area contributed by atoms with Gasteiger partial charge in [-0.2, -0.15) is 0 Å². The minimum absolute atomic E-state index is 0.338. The van der Waals surface area contributed by atoms with Crippen LogP contribution in [0.25, 0.3) is 11.5 Å². The molecule has 34 heavy (non-hydrogen) atoms. The van der Waals surface area contributed by atoms with Crippen molar-refractivity contribution in [3.05, 3.63) is 122 Å². The number of aliphatic carboxylic acids is 2. The average molecular weight is 464 g/mol. The van der Waals surface area contributed by atoms with Crippen LogP contribution in [0, 0.1) is 0 Å². The zero-order valence-electron chi connectivity index (χ0n) is 18.3. The molecule has 2 N–H and O–H groups in total. The first-order valence-electron chi connectivity index (χ1n) is 9.41. The summed E-state index contributed by atoms with van der Waals surface area (Å²) in [5.74, 6) is -2.82. The Morgan fingerprint density at radius 1 is 0.618 bits per heavy atom. The fourth-order valence-electron chi connectivity index (χ4n) is 1.83. The fourth-order valence-corrected chi connectivity index (χ4v) is 1.83. The molecule has 0 saturated carbocycles. The average Bonchev–Trinajstić information content (AvgIpc) is 2.84. The molecule has 0 aromatic heterocycles. The van der Waals surface area contributed by atoms with E-state index in [1.54, 1.807) is 0 Å². The van der Waals surface area contributed by atoms with E-state index in [1.807, 2.05) is 60.7 Å². The highest BCUT2D eigenvalue weighted by Gasteiger charge is 2.03. The summed E-state index contributed by atoms with van der Waals surface area (Å²) in [7, 11) is 0. The van der Waals surface area contributed by atoms with Gasteiger partial charge in [-0.25, -0.2) is 19.2 Å². The molecule has 0 aliphatic rings. The smallest absolute Gasteiger partial charge is 0.335 e. The Kier molecular flexibility index (Phi) is 14.2. The van der Waals surface area contributed by atoms with Crippen LogP contribution >= 0.6 is 0 Å². The van der Waals surface area contributed by atoms with E-state index in [2.05, 4.69) is 26.3 Å². The first-order chi connectivity index (χ1) is 16.1. The molecule has 0 spiro atoms. The minimum atomic E-state index is -1.26. The number of esters is 2. The first kappa shape index (κ1) is 29.0. The molecular formula is C26H24O8. The van der Waals surface area contributed by atoms with Crippen LogP contribution in [0.1, 0.15) is 11.1 Å². The molecule has 176 valence electrons. The van der Waals surface area contributed by atoms with E-state index in [0.717, 1.165) is 23.3 Å². The lowest BCUT2D eigenvalue weighted by molar-refractivity contribution is -0.134. The van der Waals surface area contributed by atoms with Gasteiger partial charge in [-0.3, -0.25) is 0 Å². The summed E-state index contributed by atoms with van der Waals surface area (Å²) in [4.78, 5) is 40.7. The third-order valence-corrected chi connectivity index (χ3v) is 3.34. The Labute approximate surface area is 197 Å². The maximum absolute atomic E-state index is 10.8. The number of ether oxygens (including phenoxy) is 2.